The van der Waals surface area contributed by atoms with Gasteiger partial charge in [0.15, 0.2) is 0 Å². The van der Waals surface area contributed by atoms with E-state index in [1.165, 1.54) is 11.1 Å². The van der Waals surface area contributed by atoms with Crippen LogP contribution < -0.4 is 0 Å². The van der Waals surface area contributed by atoms with E-state index < -0.39 is 0 Å². The lowest BCUT2D eigenvalue weighted by Crippen LogP contribution is -2.57. The summed E-state index contributed by atoms with van der Waals surface area (Å²) < 4.78 is 5.84. The molecule has 0 aromatic heterocycles. The molecule has 0 spiro atoms. The summed E-state index contributed by atoms with van der Waals surface area (Å²) in [5, 5.41) is 0. The summed E-state index contributed by atoms with van der Waals surface area (Å²) in [7, 11) is 0. The van der Waals surface area contributed by atoms with Crippen LogP contribution in [0.3, 0.4) is 0 Å². The van der Waals surface area contributed by atoms with Gasteiger partial charge < -0.3 is 4.74 Å². The maximum atomic E-state index is 12.5. The summed E-state index contributed by atoms with van der Waals surface area (Å²) in [6.07, 6.45) is 1.93. The Labute approximate surface area is 126 Å². The number of amides is 1. The summed E-state index contributed by atoms with van der Waals surface area (Å²) in [5.41, 5.74) is 2.13. The Kier molecular flexibility index (Phi) is 2.28. The van der Waals surface area contributed by atoms with Gasteiger partial charge in [0.05, 0.1) is 12.1 Å². The van der Waals surface area contributed by atoms with Crippen molar-refractivity contribution in [3.05, 3.63) is 35.4 Å². The molecule has 1 aromatic carbocycles. The van der Waals surface area contributed by atoms with Gasteiger partial charge in [-0.25, -0.2) is 4.79 Å². The van der Waals surface area contributed by atoms with Crippen LogP contribution in [0, 0.1) is 5.92 Å². The first-order valence-corrected chi connectivity index (χ1v) is 7.90. The molecule has 2 aliphatic heterocycles. The smallest absolute Gasteiger partial charge is 0.411 e. The van der Waals surface area contributed by atoms with Crippen LogP contribution in [0.5, 0.6) is 0 Å². The normalized spacial score (nSPS) is 39.5. The van der Waals surface area contributed by atoms with Gasteiger partial charge in [-0.2, -0.15) is 0 Å². The van der Waals surface area contributed by atoms with E-state index in [1.54, 1.807) is 0 Å². The fourth-order valence-electron chi connectivity index (χ4n) is 5.32. The highest BCUT2D eigenvalue weighted by Crippen LogP contribution is 2.61. The van der Waals surface area contributed by atoms with E-state index >= 15 is 0 Å². The van der Waals surface area contributed by atoms with E-state index in [9.17, 15) is 4.79 Å². The van der Waals surface area contributed by atoms with Crippen molar-refractivity contribution in [2.24, 2.45) is 5.92 Å². The van der Waals surface area contributed by atoms with E-state index in [0.29, 0.717) is 12.5 Å². The van der Waals surface area contributed by atoms with Crippen molar-refractivity contribution in [2.75, 3.05) is 0 Å². The average molecular weight is 285 g/mol. The first-order chi connectivity index (χ1) is 9.81. The van der Waals surface area contributed by atoms with Gasteiger partial charge in [0.1, 0.15) is 5.60 Å². The minimum absolute atomic E-state index is 0.0475. The third-order valence-electron chi connectivity index (χ3n) is 6.66. The van der Waals surface area contributed by atoms with Gasteiger partial charge in [0, 0.05) is 0 Å². The maximum Gasteiger partial charge on any atom is 0.411 e. The lowest BCUT2D eigenvalue weighted by Gasteiger charge is -2.45. The van der Waals surface area contributed by atoms with E-state index in [1.807, 2.05) is 4.90 Å². The second-order valence-corrected chi connectivity index (χ2v) is 7.80. The van der Waals surface area contributed by atoms with Crippen molar-refractivity contribution in [1.82, 2.24) is 4.90 Å². The SMILES string of the molecule is CC1(C)c2ccccc2CN2C(=O)O[C@@]3(C)CC[C@@H]1[C@@]23C. The molecule has 0 bridgehead atoms. The lowest BCUT2D eigenvalue weighted by atomic mass is 9.64. The first-order valence-electron chi connectivity index (χ1n) is 7.90. The Morgan fingerprint density at radius 2 is 1.90 bits per heavy atom. The summed E-state index contributed by atoms with van der Waals surface area (Å²) in [6, 6.07) is 8.58. The fraction of sp³-hybridized carbons (Fsp3) is 0.611. The minimum Gasteiger partial charge on any atom is -0.441 e. The summed E-state index contributed by atoms with van der Waals surface area (Å²) in [4.78, 5) is 14.5. The van der Waals surface area contributed by atoms with Crippen molar-refractivity contribution in [1.29, 1.82) is 0 Å². The standard InChI is InChI=1S/C18H23NO2/c1-16(2)13-8-6-5-7-12(13)11-19-15(20)21-17(3)10-9-14(16)18(17,19)4/h5-8,14H,9-11H2,1-4H3/t14-,17-,18+/m0/s1. The second kappa shape index (κ2) is 3.63. The molecule has 1 amide bonds. The summed E-state index contributed by atoms with van der Waals surface area (Å²) in [5.74, 6) is 0.421. The van der Waals surface area contributed by atoms with Crippen LogP contribution in [0.1, 0.15) is 51.7 Å². The molecule has 2 heterocycles. The highest BCUT2D eigenvalue weighted by Gasteiger charge is 2.70. The molecule has 1 aromatic rings. The molecule has 3 heteroatoms. The molecule has 2 fully saturated rings. The highest BCUT2D eigenvalue weighted by atomic mass is 16.6. The minimum atomic E-state index is -0.353. The predicted molar refractivity (Wildman–Crippen MR) is 81.0 cm³/mol. The highest BCUT2D eigenvalue weighted by molar-refractivity contribution is 5.74. The van der Waals surface area contributed by atoms with Gasteiger partial charge in [-0.05, 0) is 49.1 Å². The van der Waals surface area contributed by atoms with Crippen LogP contribution in [0.2, 0.25) is 0 Å². The van der Waals surface area contributed by atoms with Gasteiger partial charge in [0.25, 0.3) is 0 Å². The Balaban J connectivity index is 1.98. The van der Waals surface area contributed by atoms with E-state index in [0.717, 1.165) is 12.8 Å². The molecule has 0 N–H and O–H groups in total. The first kappa shape index (κ1) is 13.2. The number of nitrogens with zero attached hydrogens (tertiary/aromatic N) is 1. The van der Waals surface area contributed by atoms with E-state index in [4.69, 9.17) is 4.74 Å². The molecule has 0 unspecified atom stereocenters. The molecule has 1 aliphatic carbocycles. The topological polar surface area (TPSA) is 29.5 Å². The van der Waals surface area contributed by atoms with Gasteiger partial charge in [-0.1, -0.05) is 38.1 Å². The Bertz CT molecular complexity index is 638. The number of hydrogen-bond acceptors (Lipinski definition) is 2. The zero-order chi connectivity index (χ0) is 15.0. The number of carbonyl (C=O) groups excluding carboxylic acids is 1. The van der Waals surface area contributed by atoms with Crippen molar-refractivity contribution in [3.8, 4) is 0 Å². The Hall–Kier alpha value is -1.51. The molecule has 0 radical (unpaired) electrons. The molecular formula is C18H23NO2. The summed E-state index contributed by atoms with van der Waals surface area (Å²) >= 11 is 0. The molecule has 3 aliphatic rings. The molecule has 3 atom stereocenters. The molecule has 1 saturated carbocycles. The number of carbonyl (C=O) groups is 1. The quantitative estimate of drug-likeness (QED) is 0.724. The fourth-order valence-corrected chi connectivity index (χ4v) is 5.32. The number of hydrogen-bond donors (Lipinski definition) is 0. The predicted octanol–water partition coefficient (Wildman–Crippen LogP) is 3.86. The van der Waals surface area contributed by atoms with E-state index in [2.05, 4.69) is 52.0 Å². The molecule has 1 saturated heterocycles. The van der Waals surface area contributed by atoms with Gasteiger partial charge in [0.2, 0.25) is 0 Å². The lowest BCUT2D eigenvalue weighted by molar-refractivity contribution is 0.00545. The zero-order valence-corrected chi connectivity index (χ0v) is 13.3. The van der Waals surface area contributed by atoms with Crippen molar-refractivity contribution in [3.63, 3.8) is 0 Å². The van der Waals surface area contributed by atoms with Crippen molar-refractivity contribution in [2.45, 2.75) is 63.6 Å². The summed E-state index contributed by atoms with van der Waals surface area (Å²) in [6.45, 7) is 9.70. The Morgan fingerprint density at radius 1 is 1.19 bits per heavy atom. The van der Waals surface area contributed by atoms with Gasteiger partial charge in [-0.3, -0.25) is 4.90 Å². The van der Waals surface area contributed by atoms with Gasteiger partial charge in [-0.15, -0.1) is 0 Å². The van der Waals surface area contributed by atoms with Gasteiger partial charge >= 0.3 is 6.09 Å². The van der Waals surface area contributed by atoms with Crippen LogP contribution in [0.15, 0.2) is 24.3 Å². The van der Waals surface area contributed by atoms with Crippen LogP contribution in [-0.2, 0) is 16.7 Å². The largest absolute Gasteiger partial charge is 0.441 e. The van der Waals surface area contributed by atoms with E-state index in [-0.39, 0.29) is 22.6 Å². The van der Waals surface area contributed by atoms with Crippen molar-refractivity contribution < 1.29 is 9.53 Å². The Morgan fingerprint density at radius 3 is 2.67 bits per heavy atom. The number of benzene rings is 1. The van der Waals surface area contributed by atoms with Crippen LogP contribution in [0.4, 0.5) is 4.79 Å². The third-order valence-corrected chi connectivity index (χ3v) is 6.66. The molecule has 3 nitrogen and oxygen atoms in total. The third kappa shape index (κ3) is 1.33. The van der Waals surface area contributed by atoms with Crippen LogP contribution in [0.25, 0.3) is 0 Å². The average Bonchev–Trinajstić information content (AvgIpc) is 2.74. The monoisotopic (exact) mass is 285 g/mol. The van der Waals surface area contributed by atoms with Crippen LogP contribution >= 0.6 is 0 Å². The molecular weight excluding hydrogens is 262 g/mol. The van der Waals surface area contributed by atoms with Crippen molar-refractivity contribution >= 4 is 6.09 Å². The molecule has 112 valence electrons. The molecule has 21 heavy (non-hydrogen) atoms. The number of ether oxygens (including phenoxy) is 1. The molecule has 4 rings (SSSR count). The number of rotatable bonds is 0. The maximum absolute atomic E-state index is 12.5. The second-order valence-electron chi connectivity index (χ2n) is 7.80. The number of fused-ring (bicyclic) bond motifs is 1. The van der Waals surface area contributed by atoms with Crippen LogP contribution in [-0.4, -0.2) is 22.1 Å². The zero-order valence-electron chi connectivity index (χ0n) is 13.3.